The van der Waals surface area contributed by atoms with E-state index in [-0.39, 0.29) is 19.0 Å². The molecule has 25 heavy (non-hydrogen) atoms. The van der Waals surface area contributed by atoms with Gasteiger partial charge in [0, 0.05) is 11.1 Å². The van der Waals surface area contributed by atoms with Crippen LogP contribution in [-0.4, -0.2) is 44.5 Å². The minimum atomic E-state index is -0.577. The average molecular weight is 344 g/mol. The first-order chi connectivity index (χ1) is 11.8. The van der Waals surface area contributed by atoms with E-state index in [0.717, 1.165) is 5.56 Å². The predicted octanol–water partition coefficient (Wildman–Crippen LogP) is 1.79. The maximum absolute atomic E-state index is 11.8. The molecule has 0 atom stereocenters. The third-order valence-electron chi connectivity index (χ3n) is 2.80. The molecule has 2 aromatic rings. The van der Waals surface area contributed by atoms with Crippen LogP contribution >= 0.6 is 0 Å². The molecule has 0 spiro atoms. The molecule has 0 aliphatic heterocycles. The molecular weight excluding hydrogens is 324 g/mol. The monoisotopic (exact) mass is 344 g/mol. The molecule has 1 aromatic carbocycles. The second-order valence-corrected chi connectivity index (χ2v) is 6.22. The number of amides is 2. The summed E-state index contributed by atoms with van der Waals surface area (Å²) >= 11 is 0. The van der Waals surface area contributed by atoms with Crippen LogP contribution < -0.4 is 10.6 Å². The Morgan fingerprint density at radius 2 is 1.68 bits per heavy atom. The summed E-state index contributed by atoms with van der Waals surface area (Å²) in [4.78, 5) is 23.2. The molecule has 0 unspecified atom stereocenters. The summed E-state index contributed by atoms with van der Waals surface area (Å²) in [5.41, 5.74) is 0.379. The van der Waals surface area contributed by atoms with Gasteiger partial charge >= 0.3 is 6.09 Å². The van der Waals surface area contributed by atoms with Crippen molar-refractivity contribution >= 4 is 17.9 Å². The number of rotatable bonds is 5. The van der Waals surface area contributed by atoms with E-state index in [9.17, 15) is 9.59 Å². The Morgan fingerprint density at radius 1 is 1.04 bits per heavy atom. The first kappa shape index (κ1) is 18.2. The number of hydrogen-bond acceptors (Lipinski definition) is 7. The fourth-order valence-electron chi connectivity index (χ4n) is 1.75. The van der Waals surface area contributed by atoms with Crippen molar-refractivity contribution in [1.29, 1.82) is 0 Å². The summed E-state index contributed by atoms with van der Waals surface area (Å²) in [6.07, 6.45) is -0.603. The van der Waals surface area contributed by atoms with Gasteiger partial charge < -0.3 is 10.1 Å². The van der Waals surface area contributed by atoms with Crippen molar-refractivity contribution < 1.29 is 14.3 Å². The first-order valence-electron chi connectivity index (χ1n) is 7.71. The van der Waals surface area contributed by atoms with Crippen LogP contribution in [0.25, 0.3) is 11.4 Å². The Hall–Kier alpha value is -3.10. The molecule has 9 heteroatoms. The van der Waals surface area contributed by atoms with Crippen LogP contribution in [-0.2, 0) is 9.53 Å². The fraction of sp³-hybridized carbons (Fsp3) is 0.375. The lowest BCUT2D eigenvalue weighted by molar-refractivity contribution is -0.116. The molecule has 0 radical (unpaired) electrons. The summed E-state index contributed by atoms with van der Waals surface area (Å²) < 4.78 is 4.92. The molecule has 2 rings (SSSR count). The van der Waals surface area contributed by atoms with Gasteiger partial charge in [0.25, 0.3) is 5.95 Å². The SMILES string of the molecule is CC(C)(C)NC(=O)OCCC(=O)Nc1nnc(-c2ccccc2)nn1. The van der Waals surface area contributed by atoms with Crippen LogP contribution in [0.1, 0.15) is 27.2 Å². The quantitative estimate of drug-likeness (QED) is 0.848. The summed E-state index contributed by atoms with van der Waals surface area (Å²) in [6.45, 7) is 5.43. The van der Waals surface area contributed by atoms with E-state index in [1.54, 1.807) is 0 Å². The largest absolute Gasteiger partial charge is 0.449 e. The highest BCUT2D eigenvalue weighted by molar-refractivity contribution is 5.89. The average Bonchev–Trinajstić information content (AvgIpc) is 2.54. The molecule has 0 saturated carbocycles. The molecule has 0 aliphatic carbocycles. The Morgan fingerprint density at radius 3 is 2.28 bits per heavy atom. The van der Waals surface area contributed by atoms with Gasteiger partial charge in [-0.25, -0.2) is 4.79 Å². The van der Waals surface area contributed by atoms with Crippen molar-refractivity contribution in [2.24, 2.45) is 0 Å². The second kappa shape index (κ2) is 8.13. The third-order valence-corrected chi connectivity index (χ3v) is 2.80. The fourth-order valence-corrected chi connectivity index (χ4v) is 1.75. The molecule has 0 bridgehead atoms. The molecule has 0 fully saturated rings. The molecule has 1 aromatic heterocycles. The number of nitrogens with zero attached hydrogens (tertiary/aromatic N) is 4. The minimum Gasteiger partial charge on any atom is -0.449 e. The standard InChI is InChI=1S/C16H20N6O3/c1-16(2,3)18-15(24)25-10-9-12(23)17-14-21-19-13(20-22-14)11-7-5-4-6-8-11/h4-8H,9-10H2,1-3H3,(H,18,24)(H,17,21,22,23). The van der Waals surface area contributed by atoms with Gasteiger partial charge in [-0.2, -0.15) is 0 Å². The lowest BCUT2D eigenvalue weighted by Crippen LogP contribution is -2.41. The number of aromatic nitrogens is 4. The van der Waals surface area contributed by atoms with E-state index in [0.29, 0.717) is 5.82 Å². The zero-order valence-corrected chi connectivity index (χ0v) is 14.3. The Balaban J connectivity index is 1.78. The van der Waals surface area contributed by atoms with Crippen LogP contribution in [0.2, 0.25) is 0 Å². The van der Waals surface area contributed by atoms with Gasteiger partial charge in [0.1, 0.15) is 6.61 Å². The number of hydrogen-bond donors (Lipinski definition) is 2. The van der Waals surface area contributed by atoms with E-state index in [2.05, 4.69) is 31.0 Å². The van der Waals surface area contributed by atoms with Gasteiger partial charge in [-0.15, -0.1) is 20.4 Å². The zero-order chi connectivity index (χ0) is 18.3. The van der Waals surface area contributed by atoms with Gasteiger partial charge in [0.2, 0.25) is 11.7 Å². The maximum atomic E-state index is 11.8. The molecule has 1 heterocycles. The second-order valence-electron chi connectivity index (χ2n) is 6.22. The number of nitrogens with one attached hydrogen (secondary N) is 2. The molecule has 9 nitrogen and oxygen atoms in total. The van der Waals surface area contributed by atoms with E-state index >= 15 is 0 Å². The van der Waals surface area contributed by atoms with Gasteiger partial charge in [0.05, 0.1) is 6.42 Å². The zero-order valence-electron chi connectivity index (χ0n) is 14.3. The van der Waals surface area contributed by atoms with Gasteiger partial charge in [-0.3, -0.25) is 10.1 Å². The van der Waals surface area contributed by atoms with Crippen molar-refractivity contribution in [1.82, 2.24) is 25.7 Å². The number of alkyl carbamates (subject to hydrolysis) is 1. The van der Waals surface area contributed by atoms with Gasteiger partial charge in [0.15, 0.2) is 0 Å². The van der Waals surface area contributed by atoms with E-state index in [4.69, 9.17) is 4.74 Å². The van der Waals surface area contributed by atoms with Crippen LogP contribution in [0, 0.1) is 0 Å². The van der Waals surface area contributed by atoms with Crippen LogP contribution in [0.4, 0.5) is 10.7 Å². The first-order valence-corrected chi connectivity index (χ1v) is 7.71. The number of carbonyl (C=O) groups is 2. The van der Waals surface area contributed by atoms with E-state index < -0.39 is 17.5 Å². The highest BCUT2D eigenvalue weighted by Gasteiger charge is 2.15. The number of benzene rings is 1. The van der Waals surface area contributed by atoms with Crippen molar-refractivity contribution in [3.8, 4) is 11.4 Å². The summed E-state index contributed by atoms with van der Waals surface area (Å²) in [6, 6.07) is 9.24. The maximum Gasteiger partial charge on any atom is 0.407 e. The smallest absolute Gasteiger partial charge is 0.407 e. The molecule has 132 valence electrons. The molecule has 2 amide bonds. The minimum absolute atomic E-state index is 0.0103. The highest BCUT2D eigenvalue weighted by atomic mass is 16.5. The van der Waals surface area contributed by atoms with E-state index in [1.807, 2.05) is 51.1 Å². The van der Waals surface area contributed by atoms with Gasteiger partial charge in [-0.1, -0.05) is 30.3 Å². The van der Waals surface area contributed by atoms with Crippen molar-refractivity contribution in [3.05, 3.63) is 30.3 Å². The Bertz CT molecular complexity index is 713. The molecule has 0 aliphatic rings. The van der Waals surface area contributed by atoms with Gasteiger partial charge in [-0.05, 0) is 20.8 Å². The lowest BCUT2D eigenvalue weighted by atomic mass is 10.1. The Labute approximate surface area is 145 Å². The molecular formula is C16H20N6O3. The normalized spacial score (nSPS) is 10.8. The number of carbonyl (C=O) groups excluding carboxylic acids is 2. The summed E-state index contributed by atoms with van der Waals surface area (Å²) in [5, 5.41) is 20.5. The third kappa shape index (κ3) is 6.50. The lowest BCUT2D eigenvalue weighted by Gasteiger charge is -2.19. The summed E-state index contributed by atoms with van der Waals surface area (Å²) in [7, 11) is 0. The Kier molecular flexibility index (Phi) is 5.93. The predicted molar refractivity (Wildman–Crippen MR) is 90.5 cm³/mol. The number of anilines is 1. The van der Waals surface area contributed by atoms with Crippen molar-refractivity contribution in [3.63, 3.8) is 0 Å². The molecule has 2 N–H and O–H groups in total. The topological polar surface area (TPSA) is 119 Å². The van der Waals surface area contributed by atoms with Crippen LogP contribution in [0.3, 0.4) is 0 Å². The highest BCUT2D eigenvalue weighted by Crippen LogP contribution is 2.11. The van der Waals surface area contributed by atoms with E-state index in [1.165, 1.54) is 0 Å². The molecule has 0 saturated heterocycles. The van der Waals surface area contributed by atoms with Crippen molar-refractivity contribution in [2.75, 3.05) is 11.9 Å². The van der Waals surface area contributed by atoms with Crippen LogP contribution in [0.15, 0.2) is 30.3 Å². The van der Waals surface area contributed by atoms with Crippen molar-refractivity contribution in [2.45, 2.75) is 32.7 Å². The van der Waals surface area contributed by atoms with Crippen LogP contribution in [0.5, 0.6) is 0 Å². The summed E-state index contributed by atoms with van der Waals surface area (Å²) in [5.74, 6) is -0.0516. The number of ether oxygens (including phenoxy) is 1.